The van der Waals surface area contributed by atoms with Gasteiger partial charge in [0, 0.05) is 4.90 Å². The van der Waals surface area contributed by atoms with Crippen LogP contribution in [0.1, 0.15) is 40.2 Å². The van der Waals surface area contributed by atoms with E-state index in [0.29, 0.717) is 16.1 Å². The maximum absolute atomic E-state index is 12.8. The lowest BCUT2D eigenvalue weighted by Crippen LogP contribution is -2.49. The van der Waals surface area contributed by atoms with Crippen molar-refractivity contribution in [2.24, 2.45) is 0 Å². The fraction of sp³-hybridized carbons (Fsp3) is 0.600. The number of hydrogen-bond acceptors (Lipinski definition) is 3. The van der Waals surface area contributed by atoms with Gasteiger partial charge in [-0.2, -0.15) is 13.2 Å². The minimum Gasteiger partial charge on any atom is -0.427 e. The Morgan fingerprint density at radius 1 is 1.18 bits per heavy atom. The van der Waals surface area contributed by atoms with Crippen molar-refractivity contribution >= 4 is 24.7 Å². The second kappa shape index (κ2) is 6.85. The molecule has 0 amide bonds. The van der Waals surface area contributed by atoms with Crippen molar-refractivity contribution in [2.45, 2.75) is 56.9 Å². The number of benzene rings is 1. The second-order valence-electron chi connectivity index (χ2n) is 5.99. The van der Waals surface area contributed by atoms with Gasteiger partial charge in [0.05, 0.1) is 16.8 Å². The van der Waals surface area contributed by atoms with Crippen LogP contribution in [0.5, 0.6) is 0 Å². The molecule has 1 aromatic rings. The van der Waals surface area contributed by atoms with Crippen LogP contribution in [-0.2, 0) is 10.8 Å². The smallest absolute Gasteiger partial charge is 0.416 e. The van der Waals surface area contributed by atoms with Gasteiger partial charge >= 0.3 is 13.7 Å². The van der Waals surface area contributed by atoms with Crippen LogP contribution in [0.4, 0.5) is 13.2 Å². The largest absolute Gasteiger partial charge is 0.427 e. The number of aliphatic hydroxyl groups is 1. The first-order valence-electron chi connectivity index (χ1n) is 6.96. The molecule has 0 spiro atoms. The van der Waals surface area contributed by atoms with Crippen LogP contribution in [0.15, 0.2) is 23.1 Å². The Bertz CT molecular complexity index is 510. The fourth-order valence-electron chi connectivity index (χ4n) is 1.44. The molecule has 0 aliphatic carbocycles. The summed E-state index contributed by atoms with van der Waals surface area (Å²) in [5.74, 6) is 0.650. The molecule has 0 aromatic heterocycles. The van der Waals surface area contributed by atoms with E-state index in [9.17, 15) is 18.3 Å². The Morgan fingerprint density at radius 3 is 2.23 bits per heavy atom. The number of rotatable bonds is 6. The number of alkyl halides is 3. The molecule has 0 unspecified atom stereocenters. The summed E-state index contributed by atoms with van der Waals surface area (Å²) in [5.41, 5.74) is -2.07. The molecule has 0 atom stereocenters. The van der Waals surface area contributed by atoms with Gasteiger partial charge < -0.3 is 9.76 Å². The Balaban J connectivity index is 3.00. The monoisotopic (exact) mass is 333 g/mol. The summed E-state index contributed by atoms with van der Waals surface area (Å²) in [5, 5.41) is 10.0. The van der Waals surface area contributed by atoms with Crippen LogP contribution in [0.3, 0.4) is 0 Å². The van der Waals surface area contributed by atoms with Gasteiger partial charge in [0.1, 0.15) is 0 Å². The first-order chi connectivity index (χ1) is 9.88. The third-order valence-corrected chi connectivity index (χ3v) is 4.55. The van der Waals surface area contributed by atoms with E-state index >= 15 is 0 Å². The van der Waals surface area contributed by atoms with Crippen molar-refractivity contribution in [3.63, 3.8) is 0 Å². The summed E-state index contributed by atoms with van der Waals surface area (Å²) >= 11 is 1.32. The van der Waals surface area contributed by atoms with E-state index in [4.69, 9.17) is 4.65 Å². The first kappa shape index (κ1) is 19.4. The van der Waals surface area contributed by atoms with Gasteiger partial charge in [-0.25, -0.2) is 0 Å². The maximum Gasteiger partial charge on any atom is 0.416 e. The van der Waals surface area contributed by atoms with Crippen molar-refractivity contribution in [2.75, 3.05) is 5.75 Å². The number of halogens is 3. The zero-order valence-corrected chi connectivity index (χ0v) is 14.2. The highest BCUT2D eigenvalue weighted by Gasteiger charge is 2.36. The van der Waals surface area contributed by atoms with Crippen LogP contribution in [0.2, 0.25) is 0 Å². The predicted molar refractivity (Wildman–Crippen MR) is 84.7 cm³/mol. The zero-order valence-electron chi connectivity index (χ0n) is 13.4. The highest BCUT2D eigenvalue weighted by molar-refractivity contribution is 7.99. The quantitative estimate of drug-likeness (QED) is 0.637. The number of thioether (sulfide) groups is 1. The van der Waals surface area contributed by atoms with Crippen LogP contribution in [0.25, 0.3) is 0 Å². The summed E-state index contributed by atoms with van der Waals surface area (Å²) < 4.78 is 44.0. The molecule has 22 heavy (non-hydrogen) atoms. The molecule has 1 radical (unpaired) electrons. The van der Waals surface area contributed by atoms with E-state index in [-0.39, 0.29) is 0 Å². The first-order valence-corrected chi connectivity index (χ1v) is 7.94. The molecule has 2 nitrogen and oxygen atoms in total. The summed E-state index contributed by atoms with van der Waals surface area (Å²) in [6, 6.07) is 3.55. The molecule has 1 rings (SSSR count). The van der Waals surface area contributed by atoms with Gasteiger partial charge in [-0.15, -0.1) is 11.8 Å². The van der Waals surface area contributed by atoms with E-state index in [0.717, 1.165) is 12.1 Å². The third-order valence-electron chi connectivity index (χ3n) is 3.59. The molecule has 1 aromatic carbocycles. The van der Waals surface area contributed by atoms with Crippen molar-refractivity contribution in [1.29, 1.82) is 0 Å². The molecular weight excluding hydrogens is 312 g/mol. The molecule has 0 aliphatic rings. The van der Waals surface area contributed by atoms with Crippen LogP contribution in [-0.4, -0.2) is 29.5 Å². The lowest BCUT2D eigenvalue weighted by molar-refractivity contribution is -0.137. The third kappa shape index (κ3) is 4.93. The Morgan fingerprint density at radius 2 is 1.77 bits per heavy atom. The van der Waals surface area contributed by atoms with Gasteiger partial charge in [-0.1, -0.05) is 19.1 Å². The minimum absolute atomic E-state index is 0.504. The van der Waals surface area contributed by atoms with Gasteiger partial charge in [0.15, 0.2) is 0 Å². The minimum atomic E-state index is -4.37. The maximum atomic E-state index is 12.8. The van der Waals surface area contributed by atoms with Crippen LogP contribution < -0.4 is 5.46 Å². The summed E-state index contributed by atoms with van der Waals surface area (Å²) in [7, 11) is 1.41. The van der Waals surface area contributed by atoms with E-state index in [1.807, 2.05) is 6.92 Å². The fourth-order valence-corrected chi connectivity index (χ4v) is 2.25. The van der Waals surface area contributed by atoms with E-state index < -0.39 is 22.9 Å². The Labute approximate surface area is 134 Å². The number of hydrogen-bond donors (Lipinski definition) is 1. The molecule has 0 heterocycles. The molecule has 0 bridgehead atoms. The molecule has 0 aliphatic heterocycles. The van der Waals surface area contributed by atoms with Gasteiger partial charge in [-0.05, 0) is 45.0 Å². The van der Waals surface area contributed by atoms with Crippen molar-refractivity contribution in [1.82, 2.24) is 0 Å². The molecular formula is C15H21BF3O2S. The van der Waals surface area contributed by atoms with Crippen molar-refractivity contribution < 1.29 is 22.9 Å². The lowest BCUT2D eigenvalue weighted by Gasteiger charge is -2.37. The standard InChI is InChI=1S/C15H21BF3O2S/c1-6-22-12-9-10(15(17,18)19)7-8-11(12)16-21-14(4,5)13(2,3)20/h7-9,20H,6H2,1-5H3. The van der Waals surface area contributed by atoms with Crippen molar-refractivity contribution in [3.05, 3.63) is 23.8 Å². The average Bonchev–Trinajstić information content (AvgIpc) is 2.35. The van der Waals surface area contributed by atoms with Crippen molar-refractivity contribution in [3.8, 4) is 0 Å². The molecule has 0 saturated carbocycles. The van der Waals surface area contributed by atoms with E-state index in [1.54, 1.807) is 27.7 Å². The Hall–Kier alpha value is -0.655. The zero-order chi connectivity index (χ0) is 17.2. The lowest BCUT2D eigenvalue weighted by atomic mass is 9.82. The molecule has 0 saturated heterocycles. The highest BCUT2D eigenvalue weighted by Crippen LogP contribution is 2.31. The summed E-state index contributed by atoms with van der Waals surface area (Å²) in [4.78, 5) is 0.504. The normalized spacial score (nSPS) is 13.3. The van der Waals surface area contributed by atoms with Gasteiger partial charge in [0.25, 0.3) is 0 Å². The average molecular weight is 333 g/mol. The molecule has 1 N–H and O–H groups in total. The second-order valence-corrected chi connectivity index (χ2v) is 7.29. The SMILES string of the molecule is CCSc1cc(C(F)(F)F)ccc1[B]OC(C)(C)C(C)(C)O. The molecule has 123 valence electrons. The van der Waals surface area contributed by atoms with E-state index in [1.165, 1.54) is 25.3 Å². The Kier molecular flexibility index (Phi) is 6.04. The molecule has 7 heteroatoms. The van der Waals surface area contributed by atoms with Gasteiger partial charge in [-0.3, -0.25) is 0 Å². The summed E-state index contributed by atoms with van der Waals surface area (Å²) in [6.45, 7) is 8.56. The van der Waals surface area contributed by atoms with Crippen LogP contribution in [0, 0.1) is 0 Å². The van der Waals surface area contributed by atoms with Crippen LogP contribution >= 0.6 is 11.8 Å². The molecule has 0 fully saturated rings. The van der Waals surface area contributed by atoms with E-state index in [2.05, 4.69) is 0 Å². The predicted octanol–water partition coefficient (Wildman–Crippen LogP) is 3.63. The van der Waals surface area contributed by atoms with Gasteiger partial charge in [0.2, 0.25) is 0 Å². The topological polar surface area (TPSA) is 29.5 Å². The highest BCUT2D eigenvalue weighted by atomic mass is 32.2. The summed E-state index contributed by atoms with van der Waals surface area (Å²) in [6.07, 6.45) is -4.37.